The van der Waals surface area contributed by atoms with Gasteiger partial charge in [0.1, 0.15) is 0 Å². The number of aryl methyl sites for hydroxylation is 1. The number of hydrogen-bond acceptors (Lipinski definition) is 4. The molecule has 8 heteroatoms. The van der Waals surface area contributed by atoms with Gasteiger partial charge in [0.05, 0.1) is 23.8 Å². The van der Waals surface area contributed by atoms with E-state index in [0.717, 1.165) is 18.1 Å². The Kier molecular flexibility index (Phi) is 6.46. The summed E-state index contributed by atoms with van der Waals surface area (Å²) in [6, 6.07) is 13.1. The Morgan fingerprint density at radius 1 is 1.17 bits per heavy atom. The van der Waals surface area contributed by atoms with Crippen molar-refractivity contribution in [2.45, 2.75) is 32.4 Å². The summed E-state index contributed by atoms with van der Waals surface area (Å²) < 4.78 is 47.0. The highest BCUT2D eigenvalue weighted by molar-refractivity contribution is 5.95. The van der Waals surface area contributed by atoms with Gasteiger partial charge in [-0.2, -0.15) is 18.4 Å². The smallest absolute Gasteiger partial charge is 0.380 e. The van der Waals surface area contributed by atoms with Crippen LogP contribution in [-0.4, -0.2) is 50.2 Å². The van der Waals surface area contributed by atoms with Crippen LogP contribution >= 0.6 is 0 Å². The van der Waals surface area contributed by atoms with Crippen LogP contribution in [0.15, 0.2) is 42.5 Å². The molecule has 0 N–H and O–H groups in total. The summed E-state index contributed by atoms with van der Waals surface area (Å²) in [5.74, 6) is 0.783. The molecule has 36 heavy (non-hydrogen) atoms. The second-order valence-electron chi connectivity index (χ2n) is 10.6. The molecule has 2 saturated heterocycles. The van der Waals surface area contributed by atoms with Crippen LogP contribution in [0.25, 0.3) is 0 Å². The van der Waals surface area contributed by atoms with E-state index in [1.54, 1.807) is 12.1 Å². The van der Waals surface area contributed by atoms with Crippen LogP contribution in [0, 0.1) is 35.5 Å². The third-order valence-electron chi connectivity index (χ3n) is 7.96. The lowest BCUT2D eigenvalue weighted by Crippen LogP contribution is -2.53. The number of carbonyl (C=O) groups excluding carboxylic acids is 1. The van der Waals surface area contributed by atoms with Crippen molar-refractivity contribution in [3.05, 3.63) is 64.7 Å². The normalized spacial score (nSPS) is 23.9. The van der Waals surface area contributed by atoms with Crippen LogP contribution in [0.3, 0.4) is 0 Å². The molecule has 1 amide bonds. The third-order valence-corrected chi connectivity index (χ3v) is 7.96. The van der Waals surface area contributed by atoms with Crippen LogP contribution < -0.4 is 4.90 Å². The molecular weight excluding hydrogens is 467 g/mol. The first-order valence-corrected chi connectivity index (χ1v) is 12.5. The van der Waals surface area contributed by atoms with Crippen molar-refractivity contribution in [2.75, 3.05) is 44.3 Å². The number of anilines is 1. The minimum absolute atomic E-state index is 0.00991. The van der Waals surface area contributed by atoms with Crippen molar-refractivity contribution in [3.8, 4) is 6.07 Å². The zero-order chi connectivity index (χ0) is 25.5. The van der Waals surface area contributed by atoms with E-state index >= 15 is 0 Å². The lowest BCUT2D eigenvalue weighted by molar-refractivity contribution is -0.137. The Morgan fingerprint density at radius 3 is 2.64 bits per heavy atom. The highest BCUT2D eigenvalue weighted by atomic mass is 19.4. The Labute approximate surface area is 209 Å². The number of alkyl halides is 3. The third kappa shape index (κ3) is 4.81. The molecule has 5 rings (SSSR count). The molecular formula is C28H30F3N3O2. The van der Waals surface area contributed by atoms with Crippen molar-refractivity contribution in [3.63, 3.8) is 0 Å². The van der Waals surface area contributed by atoms with Gasteiger partial charge < -0.3 is 14.5 Å². The fraction of sp³-hybridized carbons (Fsp3) is 0.500. The number of rotatable bonds is 6. The van der Waals surface area contributed by atoms with E-state index in [9.17, 15) is 23.2 Å². The first-order valence-electron chi connectivity index (χ1n) is 12.5. The van der Waals surface area contributed by atoms with Gasteiger partial charge >= 0.3 is 6.18 Å². The molecule has 5 nitrogen and oxygen atoms in total. The number of amides is 1. The summed E-state index contributed by atoms with van der Waals surface area (Å²) in [6.07, 6.45) is -1.49. The number of ether oxygens (including phenoxy) is 1. The van der Waals surface area contributed by atoms with E-state index < -0.39 is 11.7 Å². The number of benzene rings is 2. The van der Waals surface area contributed by atoms with Crippen molar-refractivity contribution < 1.29 is 22.7 Å². The quantitative estimate of drug-likeness (QED) is 0.545. The van der Waals surface area contributed by atoms with Gasteiger partial charge in [0.25, 0.3) is 5.91 Å². The van der Waals surface area contributed by atoms with Crippen LogP contribution in [0.4, 0.5) is 18.9 Å². The van der Waals surface area contributed by atoms with Crippen LogP contribution in [-0.2, 0) is 10.9 Å². The van der Waals surface area contributed by atoms with Crippen LogP contribution in [0.2, 0.25) is 0 Å². The summed E-state index contributed by atoms with van der Waals surface area (Å²) in [5, 5.41) is 9.17. The number of fused-ring (bicyclic) bond motifs is 1. The lowest BCUT2D eigenvalue weighted by atomic mass is 9.73. The molecule has 2 aromatic carbocycles. The van der Waals surface area contributed by atoms with E-state index in [1.165, 1.54) is 18.9 Å². The van der Waals surface area contributed by atoms with Gasteiger partial charge in [-0.1, -0.05) is 18.2 Å². The molecule has 1 aliphatic carbocycles. The summed E-state index contributed by atoms with van der Waals surface area (Å²) in [7, 11) is 0. The maximum Gasteiger partial charge on any atom is 0.417 e. The molecule has 2 heterocycles. The molecule has 3 fully saturated rings. The van der Waals surface area contributed by atoms with Gasteiger partial charge in [-0.25, -0.2) is 0 Å². The lowest BCUT2D eigenvalue weighted by Gasteiger charge is -2.44. The molecule has 0 spiro atoms. The fourth-order valence-electron chi connectivity index (χ4n) is 5.72. The SMILES string of the molecule is Cc1ccccc1C(=O)N1CC[C@H]2CN(c3ccc(C#N)c(C(F)(F)F)c3)C[C@@]2(COCC2CC2)C1. The summed E-state index contributed by atoms with van der Waals surface area (Å²) in [6.45, 7) is 5.31. The number of halogens is 3. The summed E-state index contributed by atoms with van der Waals surface area (Å²) in [5.41, 5.74) is 0.413. The van der Waals surface area contributed by atoms with Gasteiger partial charge in [-0.05, 0) is 67.9 Å². The maximum atomic E-state index is 13.6. The van der Waals surface area contributed by atoms with Crippen LogP contribution in [0.1, 0.15) is 46.3 Å². The molecule has 0 radical (unpaired) electrons. The molecule has 2 aliphatic heterocycles. The zero-order valence-electron chi connectivity index (χ0n) is 20.4. The average molecular weight is 498 g/mol. The molecule has 0 aromatic heterocycles. The zero-order valence-corrected chi connectivity index (χ0v) is 20.4. The van der Waals surface area contributed by atoms with E-state index in [2.05, 4.69) is 0 Å². The van der Waals surface area contributed by atoms with Crippen molar-refractivity contribution in [1.82, 2.24) is 4.90 Å². The largest absolute Gasteiger partial charge is 0.417 e. The van der Waals surface area contributed by atoms with Gasteiger partial charge in [-0.3, -0.25) is 4.79 Å². The topological polar surface area (TPSA) is 56.6 Å². The van der Waals surface area contributed by atoms with Gasteiger partial charge in [0.15, 0.2) is 0 Å². The molecule has 3 aliphatic rings. The standard InChI is InChI=1S/C28H30F3N3O2/c1-19-4-2-3-5-24(19)26(35)33-11-10-22-14-34(17-27(22,16-33)18-36-15-20-6-7-20)23-9-8-21(13-32)25(12-23)28(29,30)31/h2-5,8-9,12,20,22H,6-7,10-11,14-18H2,1H3/t22-,27+/m0/s1. The number of carbonyl (C=O) groups is 1. The second kappa shape index (κ2) is 9.44. The first-order chi connectivity index (χ1) is 17.2. The van der Waals surface area contributed by atoms with Gasteiger partial charge in [0.2, 0.25) is 0 Å². The maximum absolute atomic E-state index is 13.6. The Bertz CT molecular complexity index is 1190. The average Bonchev–Trinajstić information content (AvgIpc) is 3.60. The van der Waals surface area contributed by atoms with Crippen LogP contribution in [0.5, 0.6) is 0 Å². The second-order valence-corrected chi connectivity index (χ2v) is 10.6. The summed E-state index contributed by atoms with van der Waals surface area (Å²) in [4.78, 5) is 17.3. The molecule has 190 valence electrons. The Hall–Kier alpha value is -3.05. The highest BCUT2D eigenvalue weighted by Crippen LogP contribution is 2.46. The minimum Gasteiger partial charge on any atom is -0.380 e. The highest BCUT2D eigenvalue weighted by Gasteiger charge is 2.51. The number of likely N-dealkylation sites (tertiary alicyclic amines) is 1. The van der Waals surface area contributed by atoms with E-state index in [-0.39, 0.29) is 22.8 Å². The van der Waals surface area contributed by atoms with E-state index in [1.807, 2.05) is 41.0 Å². The number of piperidine rings is 1. The monoisotopic (exact) mass is 497 g/mol. The molecule has 1 saturated carbocycles. The molecule has 0 unspecified atom stereocenters. The van der Waals surface area contributed by atoms with Gasteiger partial charge in [-0.15, -0.1) is 0 Å². The first kappa shape index (κ1) is 24.6. The number of hydrogen-bond donors (Lipinski definition) is 0. The van der Waals surface area contributed by atoms with Crippen molar-refractivity contribution in [2.24, 2.45) is 17.3 Å². The fourth-order valence-corrected chi connectivity index (χ4v) is 5.72. The number of nitriles is 1. The number of nitrogens with zero attached hydrogens (tertiary/aromatic N) is 3. The van der Waals surface area contributed by atoms with Gasteiger partial charge in [0, 0.05) is 49.5 Å². The van der Waals surface area contributed by atoms with E-state index in [0.29, 0.717) is 56.6 Å². The molecule has 2 atom stereocenters. The predicted molar refractivity (Wildman–Crippen MR) is 130 cm³/mol. The van der Waals surface area contributed by atoms with Crippen molar-refractivity contribution in [1.29, 1.82) is 5.26 Å². The van der Waals surface area contributed by atoms with Crippen molar-refractivity contribution >= 4 is 11.6 Å². The van der Waals surface area contributed by atoms with E-state index in [4.69, 9.17) is 4.74 Å². The summed E-state index contributed by atoms with van der Waals surface area (Å²) >= 11 is 0. The Balaban J connectivity index is 1.41. The molecule has 2 aromatic rings. The predicted octanol–water partition coefficient (Wildman–Crippen LogP) is 5.28. The Morgan fingerprint density at radius 2 is 1.94 bits per heavy atom. The minimum atomic E-state index is -4.60. The molecule has 0 bridgehead atoms.